The second-order valence-electron chi connectivity index (χ2n) is 8.78. The number of pyridine rings is 1. The van der Waals surface area contributed by atoms with Crippen molar-refractivity contribution in [3.8, 4) is 0 Å². The predicted octanol–water partition coefficient (Wildman–Crippen LogP) is 2.42. The molecule has 7 nitrogen and oxygen atoms in total. The number of carbonyl (C=O) groups is 1. The van der Waals surface area contributed by atoms with E-state index in [9.17, 15) is 9.59 Å². The zero-order valence-electron chi connectivity index (χ0n) is 16.2. The van der Waals surface area contributed by atoms with Crippen molar-refractivity contribution in [2.45, 2.75) is 49.9 Å². The van der Waals surface area contributed by atoms with E-state index in [2.05, 4.69) is 10.1 Å². The van der Waals surface area contributed by atoms with E-state index >= 15 is 0 Å². The lowest BCUT2D eigenvalue weighted by Gasteiger charge is -2.40. The molecule has 1 atom stereocenters. The summed E-state index contributed by atoms with van der Waals surface area (Å²) in [6.07, 6.45) is 9.36. The maximum absolute atomic E-state index is 13.3. The number of amides is 1. The third-order valence-electron chi connectivity index (χ3n) is 6.86. The van der Waals surface area contributed by atoms with Crippen LogP contribution in [0.4, 0.5) is 0 Å². The smallest absolute Gasteiger partial charge is 0.254 e. The molecule has 7 heteroatoms. The summed E-state index contributed by atoms with van der Waals surface area (Å²) < 4.78 is 1.76. The molecule has 1 saturated carbocycles. The molecule has 0 bridgehead atoms. The Morgan fingerprint density at radius 3 is 3.00 bits per heavy atom. The molecular weight excluding hydrogens is 366 g/mol. The Morgan fingerprint density at radius 2 is 2.14 bits per heavy atom. The Kier molecular flexibility index (Phi) is 3.52. The van der Waals surface area contributed by atoms with Crippen molar-refractivity contribution in [1.82, 2.24) is 24.5 Å². The lowest BCUT2D eigenvalue weighted by molar-refractivity contribution is 0.0633. The predicted molar refractivity (Wildman–Crippen MR) is 107 cm³/mol. The molecular formula is C22H23N5O2. The summed E-state index contributed by atoms with van der Waals surface area (Å²) in [5, 5.41) is 4.20. The number of hydrogen-bond acceptors (Lipinski definition) is 4. The number of likely N-dealkylation sites (tertiary alicyclic amines) is 1. The number of nitrogens with zero attached hydrogens (tertiary/aromatic N) is 4. The number of H-pyrrole nitrogens is 1. The average molecular weight is 389 g/mol. The van der Waals surface area contributed by atoms with Gasteiger partial charge in [0.05, 0.1) is 11.2 Å². The molecule has 6 rings (SSSR count). The first-order chi connectivity index (χ1) is 14.1. The second-order valence-corrected chi connectivity index (χ2v) is 8.78. The van der Waals surface area contributed by atoms with Crippen molar-refractivity contribution in [2.24, 2.45) is 0 Å². The van der Waals surface area contributed by atoms with Crippen LogP contribution in [-0.2, 0) is 11.8 Å². The number of hydrogen-bond donors (Lipinski definition) is 1. The maximum atomic E-state index is 13.3. The number of nitrogens with one attached hydrogen (secondary N) is 1. The maximum Gasteiger partial charge on any atom is 0.254 e. The summed E-state index contributed by atoms with van der Waals surface area (Å²) in [7, 11) is 0. The number of rotatable bonds is 2. The van der Waals surface area contributed by atoms with Gasteiger partial charge in [-0.1, -0.05) is 0 Å². The standard InChI is InChI=1S/C22H23N5O2/c28-20-17-4-8-22(18(17)24-19(25-20)14-2-3-14)7-1-10-26(13-22)21(29)15-6-11-27-16(12-15)5-9-23-27/h5-6,9,11-12,14H,1-4,7-8,10,13H2,(H,24,25,28). The molecule has 2 aliphatic carbocycles. The fourth-order valence-electron chi connectivity index (χ4n) is 5.16. The zero-order valence-corrected chi connectivity index (χ0v) is 16.2. The number of piperidine rings is 1. The average Bonchev–Trinajstić information content (AvgIpc) is 3.39. The minimum atomic E-state index is -0.179. The SMILES string of the molecule is O=C(c1ccn2nccc2c1)N1CCCC2(CCc3c2nc(C2CC2)[nH]c3=O)C1. The Hall–Kier alpha value is -2.96. The van der Waals surface area contributed by atoms with Crippen molar-refractivity contribution in [1.29, 1.82) is 0 Å². The van der Waals surface area contributed by atoms with Gasteiger partial charge in [0.2, 0.25) is 0 Å². The van der Waals surface area contributed by atoms with E-state index in [-0.39, 0.29) is 16.9 Å². The van der Waals surface area contributed by atoms with Crippen LogP contribution in [-0.4, -0.2) is 43.5 Å². The summed E-state index contributed by atoms with van der Waals surface area (Å²) in [4.78, 5) is 35.8. The van der Waals surface area contributed by atoms with E-state index in [0.717, 1.165) is 67.7 Å². The molecule has 1 aliphatic heterocycles. The van der Waals surface area contributed by atoms with Crippen molar-refractivity contribution in [3.63, 3.8) is 0 Å². The van der Waals surface area contributed by atoms with Crippen molar-refractivity contribution < 1.29 is 4.79 Å². The van der Waals surface area contributed by atoms with Crippen molar-refractivity contribution in [2.75, 3.05) is 13.1 Å². The van der Waals surface area contributed by atoms with E-state index in [1.165, 1.54) is 0 Å². The highest BCUT2D eigenvalue weighted by Gasteiger charge is 2.46. The fourth-order valence-corrected chi connectivity index (χ4v) is 5.16. The van der Waals surface area contributed by atoms with E-state index in [4.69, 9.17) is 4.98 Å². The molecule has 1 N–H and O–H groups in total. The summed E-state index contributed by atoms with van der Waals surface area (Å²) in [5.74, 6) is 1.31. The first-order valence-electron chi connectivity index (χ1n) is 10.5. The van der Waals surface area contributed by atoms with Crippen LogP contribution in [0.15, 0.2) is 35.4 Å². The number of aromatic amines is 1. The van der Waals surface area contributed by atoms with Gasteiger partial charge in [-0.25, -0.2) is 9.50 Å². The van der Waals surface area contributed by atoms with Crippen LogP contribution in [0.1, 0.15) is 65.5 Å². The van der Waals surface area contributed by atoms with E-state index in [0.29, 0.717) is 18.0 Å². The topological polar surface area (TPSA) is 83.4 Å². The van der Waals surface area contributed by atoms with Crippen molar-refractivity contribution >= 4 is 11.4 Å². The van der Waals surface area contributed by atoms with Crippen LogP contribution in [0.3, 0.4) is 0 Å². The minimum Gasteiger partial charge on any atom is -0.338 e. The van der Waals surface area contributed by atoms with Crippen LogP contribution in [0, 0.1) is 0 Å². The number of fused-ring (bicyclic) bond motifs is 3. The molecule has 0 aromatic carbocycles. The molecule has 3 aliphatic rings. The number of aromatic nitrogens is 4. The molecule has 3 aromatic heterocycles. The lowest BCUT2D eigenvalue weighted by atomic mass is 9.77. The van der Waals surface area contributed by atoms with Crippen LogP contribution < -0.4 is 5.56 Å². The van der Waals surface area contributed by atoms with E-state index in [1.807, 2.05) is 29.3 Å². The number of carbonyl (C=O) groups excluding carboxylic acids is 1. The fraction of sp³-hybridized carbons (Fsp3) is 0.455. The first-order valence-corrected chi connectivity index (χ1v) is 10.5. The van der Waals surface area contributed by atoms with E-state index < -0.39 is 0 Å². The summed E-state index contributed by atoms with van der Waals surface area (Å²) >= 11 is 0. The van der Waals surface area contributed by atoms with E-state index in [1.54, 1.807) is 10.7 Å². The van der Waals surface area contributed by atoms with Gasteiger partial charge >= 0.3 is 0 Å². The van der Waals surface area contributed by atoms with Crippen LogP contribution >= 0.6 is 0 Å². The van der Waals surface area contributed by atoms with Gasteiger partial charge in [0, 0.05) is 47.9 Å². The Morgan fingerprint density at radius 1 is 1.24 bits per heavy atom. The van der Waals surface area contributed by atoms with Gasteiger partial charge in [-0.3, -0.25) is 9.59 Å². The van der Waals surface area contributed by atoms with Gasteiger partial charge in [-0.2, -0.15) is 5.10 Å². The Balaban J connectivity index is 1.34. The highest BCUT2D eigenvalue weighted by molar-refractivity contribution is 5.95. The zero-order chi connectivity index (χ0) is 19.6. The largest absolute Gasteiger partial charge is 0.338 e. The Labute approximate surface area is 167 Å². The molecule has 148 valence electrons. The first kappa shape index (κ1) is 16.9. The molecule has 1 spiro atoms. The monoisotopic (exact) mass is 389 g/mol. The van der Waals surface area contributed by atoms with Gasteiger partial charge < -0.3 is 9.88 Å². The van der Waals surface area contributed by atoms with Crippen molar-refractivity contribution in [3.05, 3.63) is 63.6 Å². The lowest BCUT2D eigenvalue weighted by Crippen LogP contribution is -2.48. The molecule has 2 fully saturated rings. The molecule has 1 unspecified atom stereocenters. The summed E-state index contributed by atoms with van der Waals surface area (Å²) in [6, 6.07) is 5.63. The van der Waals surface area contributed by atoms with Gasteiger partial charge in [0.1, 0.15) is 5.82 Å². The molecule has 3 aromatic rings. The third-order valence-corrected chi connectivity index (χ3v) is 6.86. The van der Waals surface area contributed by atoms with Crippen LogP contribution in [0.2, 0.25) is 0 Å². The highest BCUT2D eigenvalue weighted by atomic mass is 16.2. The molecule has 29 heavy (non-hydrogen) atoms. The minimum absolute atomic E-state index is 0.0309. The van der Waals surface area contributed by atoms with Gasteiger partial charge in [-0.05, 0) is 56.7 Å². The third kappa shape index (κ3) is 2.63. The van der Waals surface area contributed by atoms with Crippen LogP contribution in [0.5, 0.6) is 0 Å². The Bertz CT molecular complexity index is 1190. The molecule has 1 saturated heterocycles. The van der Waals surface area contributed by atoms with Gasteiger partial charge in [0.15, 0.2) is 0 Å². The normalized spacial score (nSPS) is 23.7. The van der Waals surface area contributed by atoms with Gasteiger partial charge in [-0.15, -0.1) is 0 Å². The summed E-state index contributed by atoms with van der Waals surface area (Å²) in [5.41, 5.74) is 3.25. The van der Waals surface area contributed by atoms with Crippen LogP contribution in [0.25, 0.3) is 5.52 Å². The molecule has 4 heterocycles. The molecule has 1 amide bonds. The highest BCUT2D eigenvalue weighted by Crippen LogP contribution is 2.45. The quantitative estimate of drug-likeness (QED) is 0.730. The summed E-state index contributed by atoms with van der Waals surface area (Å²) in [6.45, 7) is 1.39. The van der Waals surface area contributed by atoms with Gasteiger partial charge in [0.25, 0.3) is 11.5 Å². The second kappa shape index (κ2) is 6.02. The molecule has 0 radical (unpaired) electrons.